The van der Waals surface area contributed by atoms with Crippen LogP contribution < -0.4 is 0 Å². The molecule has 1 fully saturated rings. The van der Waals surface area contributed by atoms with Gasteiger partial charge >= 0.3 is 5.97 Å². The van der Waals surface area contributed by atoms with Gasteiger partial charge in [0.05, 0.1) is 4.87 Å². The van der Waals surface area contributed by atoms with E-state index in [1.165, 1.54) is 6.92 Å². The number of thioether (sulfide) groups is 1. The van der Waals surface area contributed by atoms with Gasteiger partial charge in [0.2, 0.25) is 5.91 Å². The van der Waals surface area contributed by atoms with Gasteiger partial charge in [-0.2, -0.15) is 0 Å². The number of rotatable bonds is 3. The highest BCUT2D eigenvalue weighted by atomic mass is 32.2. The number of amides is 1. The molecule has 4 nitrogen and oxygen atoms in total. The zero-order chi connectivity index (χ0) is 11.6. The molecule has 86 valence electrons. The van der Waals surface area contributed by atoms with Crippen LogP contribution in [0.4, 0.5) is 0 Å². The van der Waals surface area contributed by atoms with Gasteiger partial charge in [-0.25, -0.2) is 4.79 Å². The highest BCUT2D eigenvalue weighted by Gasteiger charge is 2.48. The number of carbonyl (C=O) groups excluding carboxylic acids is 1. The van der Waals surface area contributed by atoms with Crippen LogP contribution in [-0.4, -0.2) is 38.5 Å². The first-order chi connectivity index (χ1) is 6.98. The van der Waals surface area contributed by atoms with Crippen molar-refractivity contribution in [3.63, 3.8) is 0 Å². The lowest BCUT2D eigenvalue weighted by atomic mass is 10.1. The zero-order valence-electron chi connectivity index (χ0n) is 9.32. The van der Waals surface area contributed by atoms with Crippen LogP contribution >= 0.6 is 11.8 Å². The maximum atomic E-state index is 11.5. The Morgan fingerprint density at radius 1 is 1.47 bits per heavy atom. The number of carboxylic acids is 1. The van der Waals surface area contributed by atoms with Crippen molar-refractivity contribution in [2.45, 2.75) is 44.5 Å². The van der Waals surface area contributed by atoms with Gasteiger partial charge in [0.1, 0.15) is 6.04 Å². The molecule has 1 amide bonds. The summed E-state index contributed by atoms with van der Waals surface area (Å²) in [7, 11) is 0. The van der Waals surface area contributed by atoms with E-state index in [2.05, 4.69) is 0 Å². The van der Waals surface area contributed by atoms with E-state index in [0.717, 1.165) is 12.8 Å². The van der Waals surface area contributed by atoms with Crippen molar-refractivity contribution in [1.29, 1.82) is 0 Å². The van der Waals surface area contributed by atoms with Gasteiger partial charge in [-0.1, -0.05) is 13.8 Å². The van der Waals surface area contributed by atoms with Gasteiger partial charge in [0.25, 0.3) is 0 Å². The lowest BCUT2D eigenvalue weighted by Crippen LogP contribution is -2.51. The minimum absolute atomic E-state index is 0.142. The van der Waals surface area contributed by atoms with E-state index in [-0.39, 0.29) is 10.8 Å². The number of hydrogen-bond acceptors (Lipinski definition) is 3. The summed E-state index contributed by atoms with van der Waals surface area (Å²) in [5.74, 6) is -0.547. The largest absolute Gasteiger partial charge is 0.480 e. The lowest BCUT2D eigenvalue weighted by molar-refractivity contribution is -0.150. The molecule has 1 rings (SSSR count). The molecule has 1 aliphatic heterocycles. The first-order valence-corrected chi connectivity index (χ1v) is 6.13. The first-order valence-electron chi connectivity index (χ1n) is 5.15. The van der Waals surface area contributed by atoms with E-state index in [0.29, 0.717) is 5.75 Å². The fourth-order valence-corrected chi connectivity index (χ4v) is 3.71. The molecule has 0 saturated carbocycles. The maximum absolute atomic E-state index is 11.5. The molecule has 0 spiro atoms. The monoisotopic (exact) mass is 231 g/mol. The highest BCUT2D eigenvalue weighted by molar-refractivity contribution is 8.01. The lowest BCUT2D eigenvalue weighted by Gasteiger charge is -2.37. The Morgan fingerprint density at radius 3 is 2.33 bits per heavy atom. The van der Waals surface area contributed by atoms with Crippen molar-refractivity contribution >= 4 is 23.6 Å². The van der Waals surface area contributed by atoms with Crippen molar-refractivity contribution in [3.8, 4) is 0 Å². The van der Waals surface area contributed by atoms with E-state index >= 15 is 0 Å². The van der Waals surface area contributed by atoms with Crippen molar-refractivity contribution in [1.82, 2.24) is 4.90 Å². The second kappa shape index (κ2) is 4.43. The fourth-order valence-electron chi connectivity index (χ4n) is 2.15. The van der Waals surface area contributed by atoms with E-state index in [1.54, 1.807) is 16.7 Å². The quantitative estimate of drug-likeness (QED) is 0.800. The molecule has 1 heterocycles. The molecular formula is C10H17NO3S. The van der Waals surface area contributed by atoms with Crippen LogP contribution in [0, 0.1) is 0 Å². The topological polar surface area (TPSA) is 57.6 Å². The molecule has 1 unspecified atom stereocenters. The molecule has 5 heteroatoms. The van der Waals surface area contributed by atoms with Gasteiger partial charge in [-0.05, 0) is 12.8 Å². The molecule has 1 atom stereocenters. The van der Waals surface area contributed by atoms with Crippen LogP contribution in [0.2, 0.25) is 0 Å². The molecule has 15 heavy (non-hydrogen) atoms. The predicted molar refractivity (Wildman–Crippen MR) is 59.7 cm³/mol. The molecule has 1 N–H and O–H groups in total. The molecule has 1 aliphatic rings. The summed E-state index contributed by atoms with van der Waals surface area (Å²) in [6.07, 6.45) is 1.58. The highest BCUT2D eigenvalue weighted by Crippen LogP contribution is 2.44. The van der Waals surface area contributed by atoms with Gasteiger partial charge in [-0.15, -0.1) is 11.8 Å². The summed E-state index contributed by atoms with van der Waals surface area (Å²) in [6.45, 7) is 5.44. The third-order valence-corrected chi connectivity index (χ3v) is 4.78. The number of aliphatic carboxylic acids is 1. The molecule has 1 saturated heterocycles. The number of nitrogens with zero attached hydrogens (tertiary/aromatic N) is 1. The average Bonchev–Trinajstić information content (AvgIpc) is 2.57. The molecule has 0 aliphatic carbocycles. The van der Waals surface area contributed by atoms with Crippen LogP contribution in [0.15, 0.2) is 0 Å². The number of carbonyl (C=O) groups is 2. The van der Waals surface area contributed by atoms with Crippen LogP contribution in [0.1, 0.15) is 33.6 Å². The first kappa shape index (κ1) is 12.4. The second-order valence-corrected chi connectivity index (χ2v) is 5.09. The van der Waals surface area contributed by atoms with Gasteiger partial charge < -0.3 is 10.0 Å². The van der Waals surface area contributed by atoms with Gasteiger partial charge in [0, 0.05) is 12.7 Å². The van der Waals surface area contributed by atoms with Crippen molar-refractivity contribution in [2.75, 3.05) is 5.75 Å². The van der Waals surface area contributed by atoms with E-state index in [9.17, 15) is 9.59 Å². The predicted octanol–water partition coefficient (Wildman–Crippen LogP) is 1.55. The normalized spacial score (nSPS) is 24.2. The van der Waals surface area contributed by atoms with Crippen molar-refractivity contribution in [2.24, 2.45) is 0 Å². The standard InChI is InChI=1S/C10H17NO3S/c1-4-10(5-2)11(7(3)12)8(6-15-10)9(13)14/h8H,4-6H2,1-3H3,(H,13,14). The summed E-state index contributed by atoms with van der Waals surface area (Å²) in [5, 5.41) is 9.05. The van der Waals surface area contributed by atoms with Crippen molar-refractivity contribution < 1.29 is 14.7 Å². The van der Waals surface area contributed by atoms with Crippen molar-refractivity contribution in [3.05, 3.63) is 0 Å². The van der Waals surface area contributed by atoms with Crippen LogP contribution in [0.5, 0.6) is 0 Å². The molecule has 0 aromatic heterocycles. The molecule has 0 aromatic rings. The Hall–Kier alpha value is -0.710. The Labute approximate surface area is 94.0 Å². The Kier molecular flexibility index (Phi) is 3.65. The number of carboxylic acid groups (broad SMARTS) is 1. The van der Waals surface area contributed by atoms with E-state index in [1.807, 2.05) is 13.8 Å². The molecule has 0 bridgehead atoms. The third-order valence-electron chi connectivity index (χ3n) is 2.99. The Balaban J connectivity index is 3.03. The minimum Gasteiger partial charge on any atom is -0.480 e. The van der Waals surface area contributed by atoms with Crippen LogP contribution in [0.3, 0.4) is 0 Å². The average molecular weight is 231 g/mol. The van der Waals surface area contributed by atoms with Gasteiger partial charge in [0.15, 0.2) is 0 Å². The molecular weight excluding hydrogens is 214 g/mol. The van der Waals surface area contributed by atoms with Gasteiger partial charge in [-0.3, -0.25) is 4.79 Å². The second-order valence-electron chi connectivity index (χ2n) is 3.71. The fraction of sp³-hybridized carbons (Fsp3) is 0.800. The van der Waals surface area contributed by atoms with E-state index in [4.69, 9.17) is 5.11 Å². The Bertz CT molecular complexity index is 276. The summed E-state index contributed by atoms with van der Waals surface area (Å²) in [4.78, 5) is 23.8. The Morgan fingerprint density at radius 2 is 2.00 bits per heavy atom. The molecule has 0 radical (unpaired) electrons. The van der Waals surface area contributed by atoms with E-state index < -0.39 is 12.0 Å². The summed E-state index contributed by atoms with van der Waals surface area (Å²) in [5.41, 5.74) is 0. The maximum Gasteiger partial charge on any atom is 0.327 e. The summed E-state index contributed by atoms with van der Waals surface area (Å²) in [6, 6.07) is -0.660. The summed E-state index contributed by atoms with van der Waals surface area (Å²) >= 11 is 1.59. The zero-order valence-corrected chi connectivity index (χ0v) is 10.1. The van der Waals surface area contributed by atoms with Crippen LogP contribution in [0.25, 0.3) is 0 Å². The molecule has 0 aromatic carbocycles. The minimum atomic E-state index is -0.901. The number of hydrogen-bond donors (Lipinski definition) is 1. The van der Waals surface area contributed by atoms with Crippen LogP contribution in [-0.2, 0) is 9.59 Å². The smallest absolute Gasteiger partial charge is 0.327 e. The SMILES string of the molecule is CCC1(CC)SCC(C(=O)O)N1C(C)=O. The third kappa shape index (κ3) is 1.97. The summed E-state index contributed by atoms with van der Waals surface area (Å²) < 4.78 is 0.